The molecule has 3 aromatic rings. The van der Waals surface area contributed by atoms with Gasteiger partial charge in [0.1, 0.15) is 23.0 Å². The molecule has 0 aliphatic carbocycles. The second-order valence-electron chi connectivity index (χ2n) is 10.7. The third-order valence-electron chi connectivity index (χ3n) is 7.16. The lowest BCUT2D eigenvalue weighted by Gasteiger charge is -2.31. The largest absolute Gasteiger partial charge is 0.507 e. The van der Waals surface area contributed by atoms with E-state index in [0.717, 1.165) is 13.1 Å². The normalized spacial score (nSPS) is 19.1. The first-order valence-electron chi connectivity index (χ1n) is 14.1. The van der Waals surface area contributed by atoms with Crippen molar-refractivity contribution in [2.45, 2.75) is 19.9 Å². The quantitative estimate of drug-likeness (QED) is 0.207. The molecule has 1 amide bonds. The third-order valence-corrected chi connectivity index (χ3v) is 7.16. The van der Waals surface area contributed by atoms with Gasteiger partial charge in [-0.15, -0.1) is 0 Å². The van der Waals surface area contributed by atoms with Crippen LogP contribution in [0.1, 0.15) is 31.0 Å². The number of hydrogen-bond donors (Lipinski definition) is 1. The molecule has 2 saturated heterocycles. The molecule has 2 aliphatic rings. The van der Waals surface area contributed by atoms with Crippen LogP contribution in [0.5, 0.6) is 17.2 Å². The monoisotopic (exact) mass is 556 g/mol. The molecule has 0 radical (unpaired) electrons. The molecular weight excluding hydrogens is 520 g/mol. The molecule has 1 atom stereocenters. The highest BCUT2D eigenvalue weighted by atomic mass is 16.5. The number of morpholine rings is 1. The van der Waals surface area contributed by atoms with E-state index in [1.54, 1.807) is 29.2 Å². The van der Waals surface area contributed by atoms with Crippen LogP contribution in [0.2, 0.25) is 0 Å². The van der Waals surface area contributed by atoms with Gasteiger partial charge in [0.2, 0.25) is 0 Å². The Labute approximate surface area is 240 Å². The fourth-order valence-corrected chi connectivity index (χ4v) is 5.03. The highest BCUT2D eigenvalue weighted by Crippen LogP contribution is 2.40. The zero-order chi connectivity index (χ0) is 28.8. The van der Waals surface area contributed by atoms with Gasteiger partial charge < -0.3 is 24.2 Å². The standard InChI is InChI=1S/C33H36N2O6/c1-23(2)22-40-26-13-11-24(12-14-26)31(36)29-30(25-7-6-10-28(21-25)41-27-8-4-3-5-9-27)35(33(38)32(29)37)16-15-34-17-19-39-20-18-34/h3-14,21,23,30,36H,15-20,22H2,1-2H3/b31-29+. The third kappa shape index (κ3) is 6.78. The Morgan fingerprint density at radius 3 is 2.32 bits per heavy atom. The maximum absolute atomic E-state index is 13.5. The predicted molar refractivity (Wildman–Crippen MR) is 156 cm³/mol. The van der Waals surface area contributed by atoms with E-state index < -0.39 is 17.7 Å². The fourth-order valence-electron chi connectivity index (χ4n) is 5.03. The van der Waals surface area contributed by atoms with Gasteiger partial charge in [-0.2, -0.15) is 0 Å². The number of carbonyl (C=O) groups is 2. The SMILES string of the molecule is CC(C)COc1ccc(/C(O)=C2\C(=O)C(=O)N(CCN3CCOCC3)C2c2cccc(Oc3ccccc3)c2)cc1. The first-order valence-corrected chi connectivity index (χ1v) is 14.1. The van der Waals surface area contributed by atoms with Crippen molar-refractivity contribution in [1.82, 2.24) is 9.80 Å². The van der Waals surface area contributed by atoms with E-state index in [9.17, 15) is 14.7 Å². The van der Waals surface area contributed by atoms with Crippen molar-refractivity contribution in [3.63, 3.8) is 0 Å². The number of amides is 1. The van der Waals surface area contributed by atoms with Gasteiger partial charge in [-0.1, -0.05) is 44.2 Å². The minimum Gasteiger partial charge on any atom is -0.507 e. The number of rotatable bonds is 10. The number of likely N-dealkylation sites (tertiary alicyclic amines) is 1. The summed E-state index contributed by atoms with van der Waals surface area (Å²) in [5.74, 6) is 0.735. The molecule has 0 saturated carbocycles. The Bertz CT molecular complexity index is 1380. The Balaban J connectivity index is 1.49. The number of ether oxygens (including phenoxy) is 3. The molecule has 41 heavy (non-hydrogen) atoms. The molecule has 2 heterocycles. The summed E-state index contributed by atoms with van der Waals surface area (Å²) < 4.78 is 17.3. The minimum absolute atomic E-state index is 0.0599. The van der Waals surface area contributed by atoms with Crippen LogP contribution in [0.15, 0.2) is 84.4 Å². The fraction of sp³-hybridized carbons (Fsp3) is 0.333. The van der Waals surface area contributed by atoms with Crippen molar-refractivity contribution in [1.29, 1.82) is 0 Å². The van der Waals surface area contributed by atoms with Gasteiger partial charge in [-0.3, -0.25) is 14.5 Å². The maximum atomic E-state index is 13.5. The molecule has 214 valence electrons. The zero-order valence-corrected chi connectivity index (χ0v) is 23.5. The van der Waals surface area contributed by atoms with Crippen molar-refractivity contribution in [3.8, 4) is 17.2 Å². The first-order chi connectivity index (χ1) is 19.9. The minimum atomic E-state index is -0.771. The van der Waals surface area contributed by atoms with Gasteiger partial charge in [0, 0.05) is 31.7 Å². The van der Waals surface area contributed by atoms with Gasteiger partial charge in [0.15, 0.2) is 0 Å². The topological polar surface area (TPSA) is 88.5 Å². The van der Waals surface area contributed by atoms with Crippen LogP contribution >= 0.6 is 0 Å². The van der Waals surface area contributed by atoms with Crippen LogP contribution in [0.25, 0.3) is 5.76 Å². The van der Waals surface area contributed by atoms with Crippen LogP contribution in [-0.2, 0) is 14.3 Å². The van der Waals surface area contributed by atoms with Gasteiger partial charge in [0.25, 0.3) is 11.7 Å². The number of carbonyl (C=O) groups excluding carboxylic acids is 2. The van der Waals surface area contributed by atoms with Crippen LogP contribution in [0, 0.1) is 5.92 Å². The Morgan fingerprint density at radius 1 is 0.902 bits per heavy atom. The summed E-state index contributed by atoms with van der Waals surface area (Å²) in [4.78, 5) is 30.7. The van der Waals surface area contributed by atoms with Crippen LogP contribution in [0.4, 0.5) is 0 Å². The summed E-state index contributed by atoms with van der Waals surface area (Å²) in [6.07, 6.45) is 0. The van der Waals surface area contributed by atoms with E-state index >= 15 is 0 Å². The van der Waals surface area contributed by atoms with E-state index in [-0.39, 0.29) is 11.3 Å². The predicted octanol–water partition coefficient (Wildman–Crippen LogP) is 5.27. The molecule has 0 bridgehead atoms. The average Bonchev–Trinajstić information content (AvgIpc) is 3.25. The van der Waals surface area contributed by atoms with Gasteiger partial charge in [-0.05, 0) is 60.0 Å². The Kier molecular flexibility index (Phi) is 9.01. The van der Waals surface area contributed by atoms with E-state index in [4.69, 9.17) is 14.2 Å². The number of Topliss-reactive ketones (excluding diaryl/α,β-unsaturated/α-hetero) is 1. The maximum Gasteiger partial charge on any atom is 0.295 e. The summed E-state index contributed by atoms with van der Waals surface area (Å²) in [5.41, 5.74) is 1.18. The molecule has 8 heteroatoms. The zero-order valence-electron chi connectivity index (χ0n) is 23.5. The average molecular weight is 557 g/mol. The van der Waals surface area contributed by atoms with Crippen LogP contribution in [0.3, 0.4) is 0 Å². The van der Waals surface area contributed by atoms with Gasteiger partial charge >= 0.3 is 0 Å². The van der Waals surface area contributed by atoms with Crippen molar-refractivity contribution >= 4 is 17.4 Å². The molecule has 3 aromatic carbocycles. The molecule has 5 rings (SSSR count). The molecule has 0 aromatic heterocycles. The summed E-state index contributed by atoms with van der Waals surface area (Å²) in [7, 11) is 0. The molecule has 2 aliphatic heterocycles. The number of nitrogens with zero attached hydrogens (tertiary/aromatic N) is 2. The summed E-state index contributed by atoms with van der Waals surface area (Å²) >= 11 is 0. The van der Waals surface area contributed by atoms with E-state index in [0.29, 0.717) is 67.2 Å². The first kappa shape index (κ1) is 28.4. The lowest BCUT2D eigenvalue weighted by Crippen LogP contribution is -2.42. The number of para-hydroxylation sites is 1. The molecular formula is C33H36N2O6. The van der Waals surface area contributed by atoms with Crippen LogP contribution < -0.4 is 9.47 Å². The number of hydrogen-bond acceptors (Lipinski definition) is 7. The highest BCUT2D eigenvalue weighted by Gasteiger charge is 2.46. The number of aliphatic hydroxyl groups is 1. The second kappa shape index (κ2) is 13.0. The molecule has 2 fully saturated rings. The second-order valence-corrected chi connectivity index (χ2v) is 10.7. The van der Waals surface area contributed by atoms with E-state index in [1.807, 2.05) is 54.6 Å². The number of aliphatic hydroxyl groups excluding tert-OH is 1. The smallest absolute Gasteiger partial charge is 0.295 e. The summed E-state index contributed by atoms with van der Waals surface area (Å²) in [5, 5.41) is 11.5. The lowest BCUT2D eigenvalue weighted by molar-refractivity contribution is -0.140. The number of ketones is 1. The number of benzene rings is 3. The van der Waals surface area contributed by atoms with Crippen molar-refractivity contribution in [2.24, 2.45) is 5.92 Å². The molecule has 8 nitrogen and oxygen atoms in total. The van der Waals surface area contributed by atoms with E-state index in [1.165, 1.54) is 0 Å². The summed E-state index contributed by atoms with van der Waals surface area (Å²) in [6, 6.07) is 22.9. The van der Waals surface area contributed by atoms with Crippen molar-refractivity contribution in [2.75, 3.05) is 46.0 Å². The van der Waals surface area contributed by atoms with Gasteiger partial charge in [0.05, 0.1) is 31.4 Å². The Hall–Kier alpha value is -4.14. The summed E-state index contributed by atoms with van der Waals surface area (Å²) in [6.45, 7) is 8.43. The Morgan fingerprint density at radius 2 is 1.61 bits per heavy atom. The molecule has 0 spiro atoms. The molecule has 1 unspecified atom stereocenters. The van der Waals surface area contributed by atoms with E-state index in [2.05, 4.69) is 18.7 Å². The van der Waals surface area contributed by atoms with Gasteiger partial charge in [-0.25, -0.2) is 0 Å². The lowest BCUT2D eigenvalue weighted by atomic mass is 9.95. The van der Waals surface area contributed by atoms with Crippen molar-refractivity contribution < 1.29 is 28.9 Å². The highest BCUT2D eigenvalue weighted by molar-refractivity contribution is 6.46. The van der Waals surface area contributed by atoms with Crippen LogP contribution in [-0.4, -0.2) is 72.6 Å². The molecule has 1 N–H and O–H groups in total. The van der Waals surface area contributed by atoms with Crippen molar-refractivity contribution in [3.05, 3.63) is 95.6 Å².